The van der Waals surface area contributed by atoms with Crippen LogP contribution in [0.2, 0.25) is 0 Å². The van der Waals surface area contributed by atoms with Crippen molar-refractivity contribution in [3.63, 3.8) is 0 Å². The molecule has 88 valence electrons. The number of hydrogen-bond acceptors (Lipinski definition) is 2. The number of benzene rings is 1. The van der Waals surface area contributed by atoms with Crippen LogP contribution in [0.4, 0.5) is 5.69 Å². The van der Waals surface area contributed by atoms with E-state index in [-0.39, 0.29) is 6.04 Å². The fourth-order valence-corrected chi connectivity index (χ4v) is 2.25. The van der Waals surface area contributed by atoms with Crippen LogP contribution >= 0.6 is 0 Å². The van der Waals surface area contributed by atoms with E-state index in [4.69, 9.17) is 5.41 Å². The number of nitrogens with one attached hydrogen (secondary N) is 1. The average molecular weight is 226 g/mol. The summed E-state index contributed by atoms with van der Waals surface area (Å²) in [5.41, 5.74) is 3.83. The third-order valence-electron chi connectivity index (χ3n) is 3.12. The van der Waals surface area contributed by atoms with Crippen molar-refractivity contribution in [2.45, 2.75) is 26.3 Å². The van der Waals surface area contributed by atoms with Crippen LogP contribution in [0.25, 0.3) is 0 Å². The molecule has 1 N–H and O–H groups in total. The second kappa shape index (κ2) is 5.00. The van der Waals surface area contributed by atoms with E-state index in [9.17, 15) is 0 Å². The van der Waals surface area contributed by atoms with Crippen molar-refractivity contribution in [3.8, 4) is 0 Å². The van der Waals surface area contributed by atoms with Crippen molar-refractivity contribution >= 4 is 11.9 Å². The fourth-order valence-electron chi connectivity index (χ4n) is 2.25. The van der Waals surface area contributed by atoms with Gasteiger partial charge in [0.25, 0.3) is 0 Å². The minimum atomic E-state index is 0.0337. The van der Waals surface area contributed by atoms with Crippen molar-refractivity contribution in [1.29, 1.82) is 5.41 Å². The lowest BCUT2D eigenvalue weighted by Crippen LogP contribution is -2.32. The van der Waals surface area contributed by atoms with Gasteiger partial charge in [0.05, 0.1) is 6.04 Å². The van der Waals surface area contributed by atoms with E-state index in [0.29, 0.717) is 0 Å². The summed E-state index contributed by atoms with van der Waals surface area (Å²) in [6.07, 6.45) is 10.6. The van der Waals surface area contributed by atoms with E-state index in [1.165, 1.54) is 23.0 Å². The maximum atomic E-state index is 7.52. The highest BCUT2D eigenvalue weighted by atomic mass is 15.1. The highest BCUT2D eigenvalue weighted by molar-refractivity contribution is 5.76. The van der Waals surface area contributed by atoms with Gasteiger partial charge in [-0.2, -0.15) is 0 Å². The molecule has 1 atom stereocenters. The Hall–Kier alpha value is -1.83. The van der Waals surface area contributed by atoms with Crippen LogP contribution in [0.15, 0.2) is 42.6 Å². The highest BCUT2D eigenvalue weighted by Gasteiger charge is 2.17. The number of hydrogen-bond donors (Lipinski definition) is 1. The van der Waals surface area contributed by atoms with Crippen LogP contribution in [0.1, 0.15) is 18.1 Å². The molecule has 0 spiro atoms. The lowest BCUT2D eigenvalue weighted by atomic mass is 10.0. The molecule has 0 radical (unpaired) electrons. The molecule has 1 heterocycles. The fraction of sp³-hybridized carbons (Fsp3) is 0.267. The molecule has 1 aromatic carbocycles. The van der Waals surface area contributed by atoms with Gasteiger partial charge in [0.15, 0.2) is 0 Å². The van der Waals surface area contributed by atoms with Gasteiger partial charge in [-0.15, -0.1) is 0 Å². The smallest absolute Gasteiger partial charge is 0.0867 e. The first-order valence-corrected chi connectivity index (χ1v) is 6.00. The maximum absolute atomic E-state index is 7.52. The Morgan fingerprint density at radius 3 is 2.88 bits per heavy atom. The zero-order valence-electron chi connectivity index (χ0n) is 10.4. The second-order valence-corrected chi connectivity index (χ2v) is 4.23. The number of anilines is 1. The molecular formula is C15H18N2. The molecule has 1 aliphatic rings. The van der Waals surface area contributed by atoms with Crippen molar-refractivity contribution in [2.75, 3.05) is 4.90 Å². The van der Waals surface area contributed by atoms with Gasteiger partial charge >= 0.3 is 0 Å². The molecule has 0 saturated carbocycles. The van der Waals surface area contributed by atoms with Crippen molar-refractivity contribution in [1.82, 2.24) is 0 Å². The van der Waals surface area contributed by atoms with Gasteiger partial charge in [-0.1, -0.05) is 37.3 Å². The van der Waals surface area contributed by atoms with Crippen molar-refractivity contribution < 1.29 is 0 Å². The summed E-state index contributed by atoms with van der Waals surface area (Å²) in [4.78, 5) is 2.17. The number of para-hydroxylation sites is 1. The molecule has 2 nitrogen and oxygen atoms in total. The second-order valence-electron chi connectivity index (χ2n) is 4.23. The Bertz CT molecular complexity index is 472. The topological polar surface area (TPSA) is 27.1 Å². The highest BCUT2D eigenvalue weighted by Crippen LogP contribution is 2.28. The van der Waals surface area contributed by atoms with Gasteiger partial charge in [0.1, 0.15) is 0 Å². The normalized spacial score (nSPS) is 18.5. The van der Waals surface area contributed by atoms with E-state index in [1.54, 1.807) is 0 Å². The standard InChI is InChI=1S/C15H18N2/c1-3-13-8-6-7-12(2)15(13)17-10-5-4-9-14(17)11-16/h4-11,14,16H,3H2,1-2H3. The molecule has 17 heavy (non-hydrogen) atoms. The minimum Gasteiger partial charge on any atom is -0.336 e. The van der Waals surface area contributed by atoms with Crippen LogP contribution in [-0.2, 0) is 6.42 Å². The van der Waals surface area contributed by atoms with Crippen LogP contribution in [0.5, 0.6) is 0 Å². The third-order valence-corrected chi connectivity index (χ3v) is 3.12. The molecular weight excluding hydrogens is 208 g/mol. The lowest BCUT2D eigenvalue weighted by molar-refractivity contribution is 0.946. The van der Waals surface area contributed by atoms with Crippen LogP contribution < -0.4 is 4.90 Å². The van der Waals surface area contributed by atoms with Gasteiger partial charge < -0.3 is 10.3 Å². The van der Waals surface area contributed by atoms with Crippen LogP contribution in [-0.4, -0.2) is 12.3 Å². The van der Waals surface area contributed by atoms with Gasteiger partial charge in [-0.25, -0.2) is 0 Å². The number of aryl methyl sites for hydroxylation is 2. The van der Waals surface area contributed by atoms with E-state index in [1.807, 2.05) is 18.2 Å². The molecule has 1 aromatic rings. The van der Waals surface area contributed by atoms with E-state index in [2.05, 4.69) is 43.1 Å². The van der Waals surface area contributed by atoms with Crippen molar-refractivity contribution in [3.05, 3.63) is 53.8 Å². The molecule has 0 aliphatic carbocycles. The molecule has 0 saturated heterocycles. The van der Waals surface area contributed by atoms with Crippen molar-refractivity contribution in [2.24, 2.45) is 0 Å². The number of rotatable bonds is 3. The summed E-state index contributed by atoms with van der Waals surface area (Å²) in [6.45, 7) is 4.29. The maximum Gasteiger partial charge on any atom is 0.0867 e. The molecule has 1 unspecified atom stereocenters. The molecule has 0 bridgehead atoms. The summed E-state index contributed by atoms with van der Waals surface area (Å²) in [6, 6.07) is 6.42. The summed E-state index contributed by atoms with van der Waals surface area (Å²) >= 11 is 0. The zero-order chi connectivity index (χ0) is 12.3. The minimum absolute atomic E-state index is 0.0337. The first kappa shape index (κ1) is 11.6. The Balaban J connectivity index is 2.49. The molecule has 2 rings (SSSR count). The Labute approximate surface area is 103 Å². The quantitative estimate of drug-likeness (QED) is 0.785. The molecule has 1 aliphatic heterocycles. The monoisotopic (exact) mass is 226 g/mol. The number of allylic oxidation sites excluding steroid dienone is 2. The zero-order valence-corrected chi connectivity index (χ0v) is 10.4. The van der Waals surface area contributed by atoms with Crippen LogP contribution in [0, 0.1) is 12.3 Å². The first-order valence-electron chi connectivity index (χ1n) is 6.00. The van der Waals surface area contributed by atoms with E-state index >= 15 is 0 Å². The molecule has 2 heteroatoms. The Morgan fingerprint density at radius 2 is 2.18 bits per heavy atom. The lowest BCUT2D eigenvalue weighted by Gasteiger charge is -2.30. The van der Waals surface area contributed by atoms with Gasteiger partial charge in [-0.05, 0) is 30.5 Å². The first-order chi connectivity index (χ1) is 8.27. The predicted molar refractivity (Wildman–Crippen MR) is 73.9 cm³/mol. The largest absolute Gasteiger partial charge is 0.336 e. The Kier molecular flexibility index (Phi) is 3.43. The molecule has 0 amide bonds. The number of nitrogens with zero attached hydrogens (tertiary/aromatic N) is 1. The van der Waals surface area contributed by atoms with Gasteiger partial charge in [0, 0.05) is 18.1 Å². The third kappa shape index (κ3) is 2.16. The molecule has 0 fully saturated rings. The van der Waals surface area contributed by atoms with Gasteiger partial charge in [0.2, 0.25) is 0 Å². The average Bonchev–Trinajstić information content (AvgIpc) is 2.38. The summed E-state index contributed by atoms with van der Waals surface area (Å²) in [5, 5.41) is 7.52. The van der Waals surface area contributed by atoms with Gasteiger partial charge in [-0.3, -0.25) is 0 Å². The summed E-state index contributed by atoms with van der Waals surface area (Å²) in [7, 11) is 0. The summed E-state index contributed by atoms with van der Waals surface area (Å²) < 4.78 is 0. The Morgan fingerprint density at radius 1 is 1.35 bits per heavy atom. The summed E-state index contributed by atoms with van der Waals surface area (Å²) in [5.74, 6) is 0. The van der Waals surface area contributed by atoms with Crippen LogP contribution in [0.3, 0.4) is 0 Å². The SMILES string of the molecule is CCc1cccc(C)c1N1C=CC=CC1C=N. The molecule has 0 aromatic heterocycles. The van der Waals surface area contributed by atoms with E-state index in [0.717, 1.165) is 6.42 Å². The van der Waals surface area contributed by atoms with E-state index < -0.39 is 0 Å². The predicted octanol–water partition coefficient (Wildman–Crippen LogP) is 3.47.